The third-order valence-electron chi connectivity index (χ3n) is 5.63. The van der Waals surface area contributed by atoms with Gasteiger partial charge in [0.15, 0.2) is 0 Å². The smallest absolute Gasteiger partial charge is 0.337 e. The van der Waals surface area contributed by atoms with Crippen molar-refractivity contribution in [2.75, 3.05) is 5.32 Å². The molecule has 184 valence electrons. The molecular weight excluding hydrogens is 506 g/mol. The quantitative estimate of drug-likeness (QED) is 0.236. The average molecular weight is 528 g/mol. The highest BCUT2D eigenvalue weighted by Gasteiger charge is 2.24. The number of carbonyl (C=O) groups is 2. The number of amides is 1. The lowest BCUT2D eigenvalue weighted by Gasteiger charge is -2.18. The van der Waals surface area contributed by atoms with Gasteiger partial charge in [-0.3, -0.25) is 4.79 Å². The maximum Gasteiger partial charge on any atom is 0.337 e. The van der Waals surface area contributed by atoms with Gasteiger partial charge in [-0.25, -0.2) is 9.78 Å². The Hall–Kier alpha value is -4.12. The number of carboxylic acid groups (broad SMARTS) is 1. The highest BCUT2D eigenvalue weighted by Crippen LogP contribution is 2.36. The minimum Gasteiger partial charge on any atom is -0.478 e. The standard InChI is InChI=1S/C29H22ClN3O3S/c1-2-26(27(34)32-20-13-14-24(30)22(15-20)29(35)36)37-28-23(17-31)21(18-9-5-3-6-10-18)16-25(33-28)19-11-7-4-8-12-19/h3-16,26H,2H2,1H3,(H,32,34)(H,35,36). The first-order chi connectivity index (χ1) is 17.9. The van der Waals surface area contributed by atoms with E-state index in [4.69, 9.17) is 16.6 Å². The molecule has 4 rings (SSSR count). The molecule has 1 heterocycles. The fourth-order valence-corrected chi connectivity index (χ4v) is 4.99. The molecule has 8 heteroatoms. The average Bonchev–Trinajstić information content (AvgIpc) is 2.93. The normalized spacial score (nSPS) is 11.4. The van der Waals surface area contributed by atoms with Crippen molar-refractivity contribution >= 4 is 40.9 Å². The first-order valence-corrected chi connectivity index (χ1v) is 12.7. The van der Waals surface area contributed by atoms with Gasteiger partial charge in [0.25, 0.3) is 0 Å². The van der Waals surface area contributed by atoms with Crippen LogP contribution in [-0.2, 0) is 4.79 Å². The van der Waals surface area contributed by atoms with Gasteiger partial charge in [-0.05, 0) is 36.2 Å². The molecule has 6 nitrogen and oxygen atoms in total. The van der Waals surface area contributed by atoms with Crippen LogP contribution in [0.4, 0.5) is 5.69 Å². The molecule has 0 aliphatic heterocycles. The number of benzene rings is 3. The van der Waals surface area contributed by atoms with E-state index in [2.05, 4.69) is 11.4 Å². The summed E-state index contributed by atoms with van der Waals surface area (Å²) in [5.74, 6) is -1.51. The van der Waals surface area contributed by atoms with Gasteiger partial charge in [-0.15, -0.1) is 0 Å². The lowest BCUT2D eigenvalue weighted by molar-refractivity contribution is -0.115. The largest absolute Gasteiger partial charge is 0.478 e. The molecule has 1 atom stereocenters. The number of hydrogen-bond donors (Lipinski definition) is 2. The van der Waals surface area contributed by atoms with E-state index in [0.717, 1.165) is 16.7 Å². The predicted octanol–water partition coefficient (Wildman–Crippen LogP) is 7.15. The monoisotopic (exact) mass is 527 g/mol. The second-order valence-electron chi connectivity index (χ2n) is 8.08. The summed E-state index contributed by atoms with van der Waals surface area (Å²) in [6, 6.07) is 27.7. The zero-order valence-electron chi connectivity index (χ0n) is 19.8. The van der Waals surface area contributed by atoms with E-state index in [1.807, 2.05) is 73.7 Å². The number of nitrogens with one attached hydrogen (secondary N) is 1. The second kappa shape index (κ2) is 11.7. The van der Waals surface area contributed by atoms with Crippen LogP contribution in [0.15, 0.2) is 90.0 Å². The van der Waals surface area contributed by atoms with Crippen LogP contribution in [-0.4, -0.2) is 27.2 Å². The molecule has 0 spiro atoms. The first-order valence-electron chi connectivity index (χ1n) is 11.5. The number of carboxylic acids is 1. The molecule has 0 saturated heterocycles. The Bertz CT molecular complexity index is 1490. The molecule has 37 heavy (non-hydrogen) atoms. The molecule has 2 N–H and O–H groups in total. The maximum absolute atomic E-state index is 13.2. The van der Waals surface area contributed by atoms with Crippen LogP contribution in [0.5, 0.6) is 0 Å². The molecule has 3 aromatic carbocycles. The van der Waals surface area contributed by atoms with Gasteiger partial charge >= 0.3 is 5.97 Å². The summed E-state index contributed by atoms with van der Waals surface area (Å²) in [5, 5.41) is 22.2. The lowest BCUT2D eigenvalue weighted by atomic mass is 9.99. The highest BCUT2D eigenvalue weighted by molar-refractivity contribution is 8.00. The van der Waals surface area contributed by atoms with Gasteiger partial charge in [0.1, 0.15) is 11.1 Å². The van der Waals surface area contributed by atoms with Crippen LogP contribution in [0.2, 0.25) is 5.02 Å². The van der Waals surface area contributed by atoms with Crippen molar-refractivity contribution in [2.24, 2.45) is 0 Å². The Kier molecular flexibility index (Phi) is 8.24. The SMILES string of the molecule is CCC(Sc1nc(-c2ccccc2)cc(-c2ccccc2)c1C#N)C(=O)Nc1ccc(Cl)c(C(=O)O)c1. The Morgan fingerprint density at radius 3 is 2.27 bits per heavy atom. The van der Waals surface area contributed by atoms with Gasteiger partial charge in [-0.2, -0.15) is 5.26 Å². The molecule has 0 bridgehead atoms. The second-order valence-corrected chi connectivity index (χ2v) is 9.68. The molecule has 0 aliphatic carbocycles. The number of nitrogens with zero attached hydrogens (tertiary/aromatic N) is 2. The molecule has 0 fully saturated rings. The number of aromatic carboxylic acids is 1. The number of rotatable bonds is 8. The van der Waals surface area contributed by atoms with Crippen molar-refractivity contribution < 1.29 is 14.7 Å². The third-order valence-corrected chi connectivity index (χ3v) is 7.31. The number of pyridine rings is 1. The fraction of sp³-hybridized carbons (Fsp3) is 0.103. The van der Waals surface area contributed by atoms with Crippen molar-refractivity contribution in [3.8, 4) is 28.5 Å². The Balaban J connectivity index is 1.72. The maximum atomic E-state index is 13.2. The number of nitriles is 1. The number of hydrogen-bond acceptors (Lipinski definition) is 5. The highest BCUT2D eigenvalue weighted by atomic mass is 35.5. The summed E-state index contributed by atoms with van der Waals surface area (Å²) >= 11 is 7.16. The molecule has 4 aromatic rings. The van der Waals surface area contributed by atoms with Crippen molar-refractivity contribution in [1.29, 1.82) is 5.26 Å². The predicted molar refractivity (Wildman–Crippen MR) is 147 cm³/mol. The van der Waals surface area contributed by atoms with Gasteiger partial charge in [-0.1, -0.05) is 91.0 Å². The van der Waals surface area contributed by atoms with Crippen LogP contribution in [0.25, 0.3) is 22.4 Å². The van der Waals surface area contributed by atoms with E-state index in [0.29, 0.717) is 28.4 Å². The van der Waals surface area contributed by atoms with E-state index >= 15 is 0 Å². The van der Waals surface area contributed by atoms with E-state index in [1.165, 1.54) is 23.9 Å². The van der Waals surface area contributed by atoms with Crippen LogP contribution < -0.4 is 5.32 Å². The lowest BCUT2D eigenvalue weighted by Crippen LogP contribution is -2.25. The number of halogens is 1. The van der Waals surface area contributed by atoms with Gasteiger partial charge in [0.05, 0.1) is 27.1 Å². The molecule has 0 aliphatic rings. The summed E-state index contributed by atoms with van der Waals surface area (Å²) in [5.41, 5.74) is 3.81. The Morgan fingerprint density at radius 1 is 1.03 bits per heavy atom. The van der Waals surface area contributed by atoms with Crippen LogP contribution in [0, 0.1) is 11.3 Å². The third kappa shape index (κ3) is 6.00. The topological polar surface area (TPSA) is 103 Å². The number of anilines is 1. The summed E-state index contributed by atoms with van der Waals surface area (Å²) in [6.45, 7) is 1.87. The first kappa shape index (κ1) is 26.0. The van der Waals surface area contributed by atoms with Crippen molar-refractivity contribution in [1.82, 2.24) is 4.98 Å². The summed E-state index contributed by atoms with van der Waals surface area (Å²) in [4.78, 5) is 29.4. The van der Waals surface area contributed by atoms with Crippen molar-refractivity contribution in [3.05, 3.63) is 101 Å². The van der Waals surface area contributed by atoms with Crippen LogP contribution in [0.3, 0.4) is 0 Å². The zero-order chi connectivity index (χ0) is 26.4. The van der Waals surface area contributed by atoms with Gasteiger partial charge in [0.2, 0.25) is 5.91 Å². The molecule has 1 amide bonds. The fourth-order valence-electron chi connectivity index (χ4n) is 3.76. The number of aromatic nitrogens is 1. The minimum atomic E-state index is -1.18. The van der Waals surface area contributed by atoms with E-state index < -0.39 is 11.2 Å². The van der Waals surface area contributed by atoms with Crippen molar-refractivity contribution in [2.45, 2.75) is 23.6 Å². The Labute approximate surface area is 223 Å². The van der Waals surface area contributed by atoms with Crippen LogP contribution in [0.1, 0.15) is 29.3 Å². The minimum absolute atomic E-state index is 0.0842. The molecule has 0 radical (unpaired) electrons. The van der Waals surface area contributed by atoms with Gasteiger partial charge < -0.3 is 10.4 Å². The van der Waals surface area contributed by atoms with Gasteiger partial charge in [0, 0.05) is 16.8 Å². The summed E-state index contributed by atoms with van der Waals surface area (Å²) in [7, 11) is 0. The van der Waals surface area contributed by atoms with Crippen LogP contribution >= 0.6 is 23.4 Å². The number of carbonyl (C=O) groups excluding carboxylic acids is 1. The van der Waals surface area contributed by atoms with E-state index in [-0.39, 0.29) is 16.5 Å². The van der Waals surface area contributed by atoms with Crippen molar-refractivity contribution in [3.63, 3.8) is 0 Å². The zero-order valence-corrected chi connectivity index (χ0v) is 21.4. The molecule has 1 unspecified atom stereocenters. The molecular formula is C29H22ClN3O3S. The molecule has 0 saturated carbocycles. The molecule has 1 aromatic heterocycles. The summed E-state index contributed by atoms with van der Waals surface area (Å²) in [6.07, 6.45) is 0.457. The van der Waals surface area contributed by atoms with E-state index in [9.17, 15) is 20.0 Å². The Morgan fingerprint density at radius 2 is 1.68 bits per heavy atom. The summed E-state index contributed by atoms with van der Waals surface area (Å²) < 4.78 is 0. The van der Waals surface area contributed by atoms with E-state index in [1.54, 1.807) is 6.07 Å². The number of thioether (sulfide) groups is 1.